The molecule has 4 aromatic rings. The molecule has 10 nitrogen and oxygen atoms in total. The molecule has 3 aromatic carbocycles. The van der Waals surface area contributed by atoms with Crippen molar-refractivity contribution in [2.75, 3.05) is 13.7 Å². The van der Waals surface area contributed by atoms with Crippen molar-refractivity contribution in [1.29, 1.82) is 0 Å². The molecule has 0 saturated heterocycles. The average Bonchev–Trinajstić information content (AvgIpc) is 3.34. The first-order valence-corrected chi connectivity index (χ1v) is 16.8. The molecule has 0 N–H and O–H groups in total. The zero-order valence-corrected chi connectivity index (χ0v) is 29.1. The SMILES string of the molecule is CCCC1=C(C(=O)OCC)[C@H](c2cc(Br)ccc2OC)n2c(s/c(=C/c3cc(Br)ccc3OCc3ccc([N+](=O)[O-])cc3)c2=O)=N1. The van der Waals surface area contributed by atoms with Crippen molar-refractivity contribution in [3.63, 3.8) is 0 Å². The van der Waals surface area contributed by atoms with Crippen LogP contribution >= 0.6 is 43.2 Å². The number of aromatic nitrogens is 1. The van der Waals surface area contributed by atoms with Gasteiger partial charge in [0.1, 0.15) is 24.1 Å². The largest absolute Gasteiger partial charge is 0.496 e. The van der Waals surface area contributed by atoms with Gasteiger partial charge in [-0.05, 0) is 73.5 Å². The van der Waals surface area contributed by atoms with Crippen LogP contribution in [0.25, 0.3) is 6.08 Å². The maximum Gasteiger partial charge on any atom is 0.338 e. The number of non-ortho nitro benzene ring substituents is 1. The van der Waals surface area contributed by atoms with Crippen molar-refractivity contribution in [2.24, 2.45) is 4.99 Å². The number of rotatable bonds is 11. The van der Waals surface area contributed by atoms with Gasteiger partial charge in [0.05, 0.1) is 34.4 Å². The third kappa shape index (κ3) is 7.01. The van der Waals surface area contributed by atoms with E-state index in [0.717, 1.165) is 20.9 Å². The van der Waals surface area contributed by atoms with Crippen LogP contribution in [-0.2, 0) is 16.1 Å². The van der Waals surface area contributed by atoms with E-state index < -0.39 is 16.9 Å². The molecular formula is C33H29Br2N3O7S. The Bertz CT molecular complexity index is 2020. The van der Waals surface area contributed by atoms with Gasteiger partial charge in [-0.3, -0.25) is 19.5 Å². The molecule has 1 aromatic heterocycles. The zero-order chi connectivity index (χ0) is 33.0. The highest BCUT2D eigenvalue weighted by Crippen LogP contribution is 2.38. The summed E-state index contributed by atoms with van der Waals surface area (Å²) in [4.78, 5) is 43.7. The first kappa shape index (κ1) is 33.3. The fourth-order valence-electron chi connectivity index (χ4n) is 5.11. The van der Waals surface area contributed by atoms with Gasteiger partial charge in [-0.25, -0.2) is 9.79 Å². The third-order valence-electron chi connectivity index (χ3n) is 7.18. The standard InChI is InChI=1S/C33H29Br2N3O7S/c1-4-6-25-29(32(40)44-5-2)30(24-17-22(35)10-14-27(24)43-3)37-31(39)28(46-33(37)36-25)16-20-15-21(34)9-13-26(20)45-18-19-7-11-23(12-8-19)38(41)42/h7-17,30H,4-6,18H2,1-3H3/b28-16+/t30-/m0/s1. The van der Waals surface area contributed by atoms with E-state index >= 15 is 0 Å². The fourth-order valence-corrected chi connectivity index (χ4v) is 6.88. The molecule has 0 aliphatic carbocycles. The summed E-state index contributed by atoms with van der Waals surface area (Å²) in [7, 11) is 1.54. The quantitative estimate of drug-likeness (QED) is 0.0958. The summed E-state index contributed by atoms with van der Waals surface area (Å²) < 4.78 is 20.8. The minimum absolute atomic E-state index is 0.00421. The lowest BCUT2D eigenvalue weighted by molar-refractivity contribution is -0.384. The van der Waals surface area contributed by atoms with E-state index in [0.29, 0.717) is 49.7 Å². The van der Waals surface area contributed by atoms with E-state index in [4.69, 9.17) is 19.2 Å². The maximum atomic E-state index is 14.3. The van der Waals surface area contributed by atoms with Crippen LogP contribution in [0.1, 0.15) is 49.4 Å². The first-order chi connectivity index (χ1) is 22.1. The van der Waals surface area contributed by atoms with E-state index in [1.807, 2.05) is 31.2 Å². The minimum atomic E-state index is -0.841. The van der Waals surface area contributed by atoms with Crippen LogP contribution in [0, 0.1) is 10.1 Å². The molecule has 1 aliphatic rings. The predicted octanol–water partition coefficient (Wildman–Crippen LogP) is 6.60. The van der Waals surface area contributed by atoms with Gasteiger partial charge >= 0.3 is 5.97 Å². The summed E-state index contributed by atoms with van der Waals surface area (Å²) in [6, 6.07) is 16.2. The molecule has 0 spiro atoms. The van der Waals surface area contributed by atoms with Crippen molar-refractivity contribution >= 4 is 60.9 Å². The number of benzene rings is 3. The lowest BCUT2D eigenvalue weighted by atomic mass is 9.93. The second-order valence-corrected chi connectivity index (χ2v) is 13.0. The van der Waals surface area contributed by atoms with Gasteiger partial charge in [0, 0.05) is 32.2 Å². The number of carbonyl (C=O) groups is 1. The number of allylic oxidation sites excluding steroid dienone is 1. The van der Waals surface area contributed by atoms with Crippen molar-refractivity contribution in [2.45, 2.75) is 39.3 Å². The molecule has 238 valence electrons. The minimum Gasteiger partial charge on any atom is -0.496 e. The Hall–Kier alpha value is -4.07. The Morgan fingerprint density at radius 1 is 1.07 bits per heavy atom. The summed E-state index contributed by atoms with van der Waals surface area (Å²) >= 11 is 8.27. The number of nitrogens with zero attached hydrogens (tertiary/aromatic N) is 3. The zero-order valence-electron chi connectivity index (χ0n) is 25.1. The van der Waals surface area contributed by atoms with Crippen molar-refractivity contribution < 1.29 is 23.9 Å². The molecule has 13 heteroatoms. The number of hydrogen-bond donors (Lipinski definition) is 0. The summed E-state index contributed by atoms with van der Waals surface area (Å²) in [6.07, 6.45) is 2.98. The van der Waals surface area contributed by atoms with E-state index in [9.17, 15) is 19.7 Å². The summed E-state index contributed by atoms with van der Waals surface area (Å²) in [5, 5.41) is 11.0. The Morgan fingerprint density at radius 2 is 1.76 bits per heavy atom. The monoisotopic (exact) mass is 769 g/mol. The summed E-state index contributed by atoms with van der Waals surface area (Å²) in [5.74, 6) is 0.484. The molecule has 5 rings (SSSR count). The molecule has 0 unspecified atom stereocenters. The molecule has 1 atom stereocenters. The van der Waals surface area contributed by atoms with Crippen molar-refractivity contribution in [1.82, 2.24) is 4.57 Å². The van der Waals surface area contributed by atoms with E-state index in [1.54, 1.807) is 44.4 Å². The van der Waals surface area contributed by atoms with Crippen LogP contribution in [-0.4, -0.2) is 29.2 Å². The number of nitro benzene ring substituents is 1. The Balaban J connectivity index is 1.65. The smallest absolute Gasteiger partial charge is 0.338 e. The molecule has 46 heavy (non-hydrogen) atoms. The Kier molecular flexibility index (Phi) is 10.5. The number of nitro groups is 1. The molecule has 0 bridgehead atoms. The van der Waals surface area contributed by atoms with Gasteiger partial charge in [0.15, 0.2) is 4.80 Å². The molecule has 0 saturated carbocycles. The predicted molar refractivity (Wildman–Crippen MR) is 182 cm³/mol. The summed E-state index contributed by atoms with van der Waals surface area (Å²) in [5.41, 5.74) is 2.52. The number of thiazole rings is 1. The average molecular weight is 771 g/mol. The van der Waals surface area contributed by atoms with E-state index in [-0.39, 0.29) is 24.5 Å². The van der Waals surface area contributed by atoms with E-state index in [1.165, 1.54) is 28.0 Å². The van der Waals surface area contributed by atoms with E-state index in [2.05, 4.69) is 31.9 Å². The maximum absolute atomic E-state index is 14.3. The van der Waals surface area contributed by atoms with Crippen LogP contribution in [0.5, 0.6) is 11.5 Å². The highest BCUT2D eigenvalue weighted by atomic mass is 79.9. The van der Waals surface area contributed by atoms with Crippen LogP contribution < -0.4 is 24.4 Å². The highest BCUT2D eigenvalue weighted by Gasteiger charge is 2.36. The van der Waals surface area contributed by atoms with Gasteiger partial charge < -0.3 is 14.2 Å². The van der Waals surface area contributed by atoms with Crippen LogP contribution in [0.15, 0.2) is 90.7 Å². The second kappa shape index (κ2) is 14.6. The molecular weight excluding hydrogens is 742 g/mol. The molecule has 0 fully saturated rings. The lowest BCUT2D eigenvalue weighted by Gasteiger charge is -2.27. The normalized spacial score (nSPS) is 14.5. The van der Waals surface area contributed by atoms with Crippen LogP contribution in [0.2, 0.25) is 0 Å². The van der Waals surface area contributed by atoms with Gasteiger partial charge in [-0.1, -0.05) is 56.5 Å². The van der Waals surface area contributed by atoms with Gasteiger partial charge in [-0.15, -0.1) is 0 Å². The van der Waals surface area contributed by atoms with Crippen LogP contribution in [0.4, 0.5) is 5.69 Å². The third-order valence-corrected chi connectivity index (χ3v) is 9.15. The fraction of sp³-hybridized carbons (Fsp3) is 0.242. The highest BCUT2D eigenvalue weighted by molar-refractivity contribution is 9.10. The Labute approximate surface area is 285 Å². The number of hydrogen-bond acceptors (Lipinski definition) is 9. The number of methoxy groups -OCH3 is 1. The Morgan fingerprint density at radius 3 is 2.41 bits per heavy atom. The molecule has 1 aliphatic heterocycles. The molecule has 0 amide bonds. The van der Waals surface area contributed by atoms with Crippen molar-refractivity contribution in [3.8, 4) is 11.5 Å². The van der Waals surface area contributed by atoms with Gasteiger partial charge in [0.2, 0.25) is 0 Å². The van der Waals surface area contributed by atoms with Crippen LogP contribution in [0.3, 0.4) is 0 Å². The van der Waals surface area contributed by atoms with Gasteiger partial charge in [0.25, 0.3) is 11.2 Å². The van der Waals surface area contributed by atoms with Gasteiger partial charge in [-0.2, -0.15) is 0 Å². The number of carbonyl (C=O) groups excluding carboxylic acids is 1. The lowest BCUT2D eigenvalue weighted by Crippen LogP contribution is -2.40. The molecule has 2 heterocycles. The summed E-state index contributed by atoms with van der Waals surface area (Å²) in [6.45, 7) is 4.07. The second-order valence-electron chi connectivity index (χ2n) is 10.2. The number of ether oxygens (including phenoxy) is 3. The number of esters is 1. The molecule has 0 radical (unpaired) electrons. The number of halogens is 2. The van der Waals surface area contributed by atoms with Crippen molar-refractivity contribution in [3.05, 3.63) is 127 Å². The number of fused-ring (bicyclic) bond motifs is 1. The topological polar surface area (TPSA) is 122 Å². The first-order valence-electron chi connectivity index (χ1n) is 14.4.